The van der Waals surface area contributed by atoms with E-state index in [0.29, 0.717) is 6.54 Å². The normalized spacial score (nSPS) is 15.1. The van der Waals surface area contributed by atoms with Gasteiger partial charge in [0.1, 0.15) is 6.61 Å². The third-order valence-corrected chi connectivity index (χ3v) is 2.17. The summed E-state index contributed by atoms with van der Waals surface area (Å²) in [5.74, 6) is 1.75. The molecule has 1 aromatic rings. The molecule has 2 N–H and O–H groups in total. The van der Waals surface area contributed by atoms with E-state index >= 15 is 0 Å². The molecule has 0 bridgehead atoms. The van der Waals surface area contributed by atoms with Crippen molar-refractivity contribution in [1.82, 2.24) is 4.98 Å². The molecule has 1 aliphatic heterocycles. The minimum atomic E-state index is 0.507. The van der Waals surface area contributed by atoms with E-state index in [4.69, 9.17) is 10.5 Å². The molecule has 1 aliphatic rings. The van der Waals surface area contributed by atoms with E-state index in [9.17, 15) is 0 Å². The summed E-state index contributed by atoms with van der Waals surface area (Å²) in [6.45, 7) is 2.12. The predicted molar refractivity (Wildman–Crippen MR) is 50.9 cm³/mol. The van der Waals surface area contributed by atoms with Gasteiger partial charge in [-0.3, -0.25) is 0 Å². The summed E-state index contributed by atoms with van der Waals surface area (Å²) < 4.78 is 5.48. The number of rotatable bonds is 1. The topological polar surface area (TPSA) is 51.4 Å². The third kappa shape index (κ3) is 1.45. The predicted octanol–water partition coefficient (Wildman–Crippen LogP) is 0.369. The number of ether oxygens (including phenoxy) is 1. The molecule has 0 aliphatic carbocycles. The van der Waals surface area contributed by atoms with E-state index in [0.717, 1.165) is 30.3 Å². The molecule has 0 atom stereocenters. The second-order valence-corrected chi connectivity index (χ2v) is 3.14. The summed E-state index contributed by atoms with van der Waals surface area (Å²) in [6, 6.07) is 1.96. The van der Waals surface area contributed by atoms with Crippen molar-refractivity contribution in [3.63, 3.8) is 0 Å². The Kier molecular flexibility index (Phi) is 2.06. The molecule has 0 unspecified atom stereocenters. The summed E-state index contributed by atoms with van der Waals surface area (Å²) in [6.07, 6.45) is 1.80. The molecular weight excluding hydrogens is 166 g/mol. The van der Waals surface area contributed by atoms with Gasteiger partial charge in [0, 0.05) is 19.8 Å². The first-order valence-corrected chi connectivity index (χ1v) is 4.34. The minimum absolute atomic E-state index is 0.507. The fourth-order valence-corrected chi connectivity index (χ4v) is 1.38. The maximum Gasteiger partial charge on any atom is 0.171 e. The first-order valence-electron chi connectivity index (χ1n) is 4.34. The van der Waals surface area contributed by atoms with Crippen LogP contribution in [0.25, 0.3) is 0 Å². The number of likely N-dealkylation sites (N-methyl/N-ethyl adjacent to an activating group) is 1. The lowest BCUT2D eigenvalue weighted by Gasteiger charge is -2.26. The molecule has 0 saturated carbocycles. The van der Waals surface area contributed by atoms with Crippen molar-refractivity contribution in [2.45, 2.75) is 6.54 Å². The van der Waals surface area contributed by atoms with Crippen LogP contribution in [0.5, 0.6) is 5.75 Å². The highest BCUT2D eigenvalue weighted by Gasteiger charge is 2.15. The maximum atomic E-state index is 5.51. The third-order valence-electron chi connectivity index (χ3n) is 2.17. The number of hydrogen-bond acceptors (Lipinski definition) is 4. The molecule has 0 fully saturated rings. The van der Waals surface area contributed by atoms with Crippen LogP contribution in [0, 0.1) is 0 Å². The second-order valence-electron chi connectivity index (χ2n) is 3.14. The maximum absolute atomic E-state index is 5.51. The SMILES string of the molecule is CN1CCOc2cc(CN)cnc21. The number of nitrogens with two attached hydrogens (primary N) is 1. The van der Waals surface area contributed by atoms with E-state index in [1.807, 2.05) is 13.1 Å². The van der Waals surface area contributed by atoms with Crippen LogP contribution in [0.15, 0.2) is 12.3 Å². The van der Waals surface area contributed by atoms with E-state index < -0.39 is 0 Å². The second kappa shape index (κ2) is 3.22. The van der Waals surface area contributed by atoms with Crippen LogP contribution in [0.4, 0.5) is 5.82 Å². The highest BCUT2D eigenvalue weighted by Crippen LogP contribution is 2.28. The molecule has 4 heteroatoms. The number of hydrogen-bond donors (Lipinski definition) is 1. The van der Waals surface area contributed by atoms with Crippen LogP contribution in [-0.2, 0) is 6.54 Å². The zero-order valence-corrected chi connectivity index (χ0v) is 7.66. The Morgan fingerprint density at radius 1 is 1.69 bits per heavy atom. The fraction of sp³-hybridized carbons (Fsp3) is 0.444. The Balaban J connectivity index is 2.39. The van der Waals surface area contributed by atoms with Crippen molar-refractivity contribution in [3.05, 3.63) is 17.8 Å². The summed E-state index contributed by atoms with van der Waals surface area (Å²) in [5.41, 5.74) is 6.52. The van der Waals surface area contributed by atoms with Gasteiger partial charge in [-0.15, -0.1) is 0 Å². The summed E-state index contributed by atoms with van der Waals surface area (Å²) in [7, 11) is 2.01. The molecule has 0 amide bonds. The quantitative estimate of drug-likeness (QED) is 0.676. The van der Waals surface area contributed by atoms with Crippen molar-refractivity contribution in [2.24, 2.45) is 5.73 Å². The molecule has 2 rings (SSSR count). The van der Waals surface area contributed by atoms with Crippen molar-refractivity contribution in [2.75, 3.05) is 25.1 Å². The van der Waals surface area contributed by atoms with Crippen LogP contribution in [-0.4, -0.2) is 25.2 Å². The van der Waals surface area contributed by atoms with Gasteiger partial charge in [-0.05, 0) is 11.6 Å². The number of fused-ring (bicyclic) bond motifs is 1. The van der Waals surface area contributed by atoms with Crippen molar-refractivity contribution in [3.8, 4) is 5.75 Å². The van der Waals surface area contributed by atoms with Gasteiger partial charge in [0.25, 0.3) is 0 Å². The molecule has 2 heterocycles. The Morgan fingerprint density at radius 2 is 2.54 bits per heavy atom. The van der Waals surface area contributed by atoms with Gasteiger partial charge in [-0.25, -0.2) is 4.98 Å². The van der Waals surface area contributed by atoms with Crippen LogP contribution < -0.4 is 15.4 Å². The van der Waals surface area contributed by atoms with Crippen LogP contribution in [0.2, 0.25) is 0 Å². The van der Waals surface area contributed by atoms with Gasteiger partial charge in [-0.2, -0.15) is 0 Å². The monoisotopic (exact) mass is 179 g/mol. The first-order chi connectivity index (χ1) is 6.31. The van der Waals surface area contributed by atoms with Gasteiger partial charge < -0.3 is 15.4 Å². The van der Waals surface area contributed by atoms with Crippen molar-refractivity contribution < 1.29 is 4.74 Å². The van der Waals surface area contributed by atoms with Crippen LogP contribution in [0.3, 0.4) is 0 Å². The summed E-state index contributed by atoms with van der Waals surface area (Å²) in [4.78, 5) is 6.37. The van der Waals surface area contributed by atoms with E-state index in [1.165, 1.54) is 0 Å². The summed E-state index contributed by atoms with van der Waals surface area (Å²) in [5, 5.41) is 0. The number of aromatic nitrogens is 1. The molecule has 0 saturated heterocycles. The van der Waals surface area contributed by atoms with Gasteiger partial charge in [-0.1, -0.05) is 0 Å². The van der Waals surface area contributed by atoms with Gasteiger partial charge >= 0.3 is 0 Å². The molecule has 0 spiro atoms. The average Bonchev–Trinajstić information content (AvgIpc) is 2.18. The van der Waals surface area contributed by atoms with Gasteiger partial charge in [0.05, 0.1) is 6.54 Å². The van der Waals surface area contributed by atoms with Crippen LogP contribution >= 0.6 is 0 Å². The Labute approximate surface area is 77.3 Å². The number of nitrogens with zero attached hydrogens (tertiary/aromatic N) is 2. The standard InChI is InChI=1S/C9H13N3O/c1-12-2-3-13-8-4-7(5-10)6-11-9(8)12/h4,6H,2-3,5,10H2,1H3. The lowest BCUT2D eigenvalue weighted by atomic mass is 10.2. The van der Waals surface area contributed by atoms with Crippen molar-refractivity contribution >= 4 is 5.82 Å². The molecule has 1 aromatic heterocycles. The number of pyridine rings is 1. The first kappa shape index (κ1) is 8.31. The summed E-state index contributed by atoms with van der Waals surface area (Å²) >= 11 is 0. The number of anilines is 1. The zero-order valence-electron chi connectivity index (χ0n) is 7.66. The molecule has 4 nitrogen and oxygen atoms in total. The van der Waals surface area contributed by atoms with E-state index in [2.05, 4.69) is 9.88 Å². The molecule has 70 valence electrons. The lowest BCUT2D eigenvalue weighted by molar-refractivity contribution is 0.308. The highest BCUT2D eigenvalue weighted by atomic mass is 16.5. The zero-order chi connectivity index (χ0) is 9.26. The average molecular weight is 179 g/mol. The van der Waals surface area contributed by atoms with Crippen molar-refractivity contribution in [1.29, 1.82) is 0 Å². The van der Waals surface area contributed by atoms with E-state index in [1.54, 1.807) is 6.20 Å². The fourth-order valence-electron chi connectivity index (χ4n) is 1.38. The van der Waals surface area contributed by atoms with Gasteiger partial charge in [0.15, 0.2) is 11.6 Å². The van der Waals surface area contributed by atoms with E-state index in [-0.39, 0.29) is 0 Å². The van der Waals surface area contributed by atoms with Gasteiger partial charge in [0.2, 0.25) is 0 Å². The largest absolute Gasteiger partial charge is 0.488 e. The van der Waals surface area contributed by atoms with Crippen LogP contribution in [0.1, 0.15) is 5.56 Å². The Bertz CT molecular complexity index is 314. The molecule has 13 heavy (non-hydrogen) atoms. The lowest BCUT2D eigenvalue weighted by Crippen LogP contribution is -2.29. The minimum Gasteiger partial charge on any atom is -0.488 e. The molecule has 0 aromatic carbocycles. The highest BCUT2D eigenvalue weighted by molar-refractivity contribution is 5.54. The Morgan fingerprint density at radius 3 is 3.31 bits per heavy atom. The molecular formula is C9H13N3O. The molecule has 0 radical (unpaired) electrons. The smallest absolute Gasteiger partial charge is 0.171 e. The Hall–Kier alpha value is -1.29.